The summed E-state index contributed by atoms with van der Waals surface area (Å²) in [6, 6.07) is 6.72. The first kappa shape index (κ1) is 17.0. The van der Waals surface area contributed by atoms with Crippen LogP contribution in [0, 0.1) is 11.3 Å². The van der Waals surface area contributed by atoms with E-state index in [0.29, 0.717) is 21.2 Å². The fourth-order valence-corrected chi connectivity index (χ4v) is 2.66. The minimum absolute atomic E-state index is 0.0296. The maximum atomic E-state index is 12.6. The largest absolute Gasteiger partial charge is 0.271 e. The maximum absolute atomic E-state index is 12.6. The van der Waals surface area contributed by atoms with Gasteiger partial charge in [0.25, 0.3) is 11.8 Å². The van der Waals surface area contributed by atoms with Crippen molar-refractivity contribution in [3.8, 4) is 6.07 Å². The van der Waals surface area contributed by atoms with Crippen LogP contribution in [0.15, 0.2) is 47.6 Å². The zero-order valence-electron chi connectivity index (χ0n) is 12.3. The van der Waals surface area contributed by atoms with Gasteiger partial charge in [-0.2, -0.15) is 5.26 Å². The Morgan fingerprint density at radius 3 is 2.57 bits per heavy atom. The molecule has 0 radical (unpaired) electrons. The number of nitriles is 1. The number of amides is 2. The van der Waals surface area contributed by atoms with Crippen LogP contribution in [0.25, 0.3) is 6.08 Å². The number of halogens is 2. The summed E-state index contributed by atoms with van der Waals surface area (Å²) in [6.45, 7) is 5.12. The maximum Gasteiger partial charge on any atom is 0.271 e. The zero-order chi connectivity index (χ0) is 17.1. The second kappa shape index (κ2) is 6.82. The molecule has 0 spiro atoms. The first-order chi connectivity index (χ1) is 10.9. The van der Waals surface area contributed by atoms with Gasteiger partial charge in [0.1, 0.15) is 11.6 Å². The summed E-state index contributed by atoms with van der Waals surface area (Å²) in [5.41, 5.74) is 1.08. The van der Waals surface area contributed by atoms with Gasteiger partial charge in [0.05, 0.1) is 0 Å². The molecule has 0 aliphatic carbocycles. The van der Waals surface area contributed by atoms with E-state index in [0.717, 1.165) is 4.90 Å². The summed E-state index contributed by atoms with van der Waals surface area (Å²) in [4.78, 5) is 25.7. The van der Waals surface area contributed by atoms with Crippen LogP contribution in [0.2, 0.25) is 10.0 Å². The normalized spacial score (nSPS) is 16.8. The zero-order valence-corrected chi connectivity index (χ0v) is 13.8. The molecule has 0 atom stereocenters. The van der Waals surface area contributed by atoms with E-state index >= 15 is 0 Å². The molecule has 4 nitrogen and oxygen atoms in total. The van der Waals surface area contributed by atoms with Crippen molar-refractivity contribution in [3.63, 3.8) is 0 Å². The molecule has 0 aromatic heterocycles. The number of rotatable bonds is 3. The minimum Gasteiger partial charge on any atom is -0.270 e. The van der Waals surface area contributed by atoms with Crippen molar-refractivity contribution in [1.29, 1.82) is 5.26 Å². The molecule has 1 aromatic carbocycles. The molecule has 2 rings (SSSR count). The molecule has 1 aromatic rings. The lowest BCUT2D eigenvalue weighted by atomic mass is 9.93. The average molecular weight is 347 g/mol. The number of benzene rings is 1. The molecular weight excluding hydrogens is 335 g/mol. The Balaban J connectivity index is 2.63. The first-order valence-electron chi connectivity index (χ1n) is 6.66. The molecule has 6 heteroatoms. The molecule has 0 bridgehead atoms. The van der Waals surface area contributed by atoms with Gasteiger partial charge in [-0.25, -0.2) is 0 Å². The molecule has 0 fully saturated rings. The third kappa shape index (κ3) is 3.21. The second-order valence-electron chi connectivity index (χ2n) is 4.85. The summed E-state index contributed by atoms with van der Waals surface area (Å²) in [6.07, 6.45) is 2.98. The monoisotopic (exact) mass is 346 g/mol. The molecule has 1 aliphatic rings. The number of imide groups is 1. The Kier molecular flexibility index (Phi) is 5.05. The lowest BCUT2D eigenvalue weighted by Gasteiger charge is -2.26. The number of carbonyl (C=O) groups is 2. The number of hydrogen-bond donors (Lipinski definition) is 0. The van der Waals surface area contributed by atoms with Crippen molar-refractivity contribution in [2.75, 3.05) is 6.54 Å². The van der Waals surface area contributed by atoms with Crippen LogP contribution in [0.4, 0.5) is 0 Å². The van der Waals surface area contributed by atoms with E-state index in [1.165, 1.54) is 6.08 Å². The van der Waals surface area contributed by atoms with Gasteiger partial charge in [-0.15, -0.1) is 6.58 Å². The third-order valence-electron chi connectivity index (χ3n) is 3.40. The van der Waals surface area contributed by atoms with Gasteiger partial charge in [0, 0.05) is 22.2 Å². The van der Waals surface area contributed by atoms with E-state index in [4.69, 9.17) is 23.2 Å². The Morgan fingerprint density at radius 1 is 1.30 bits per heavy atom. The lowest BCUT2D eigenvalue weighted by molar-refractivity contribution is -0.139. The van der Waals surface area contributed by atoms with Gasteiger partial charge >= 0.3 is 0 Å². The highest BCUT2D eigenvalue weighted by Crippen LogP contribution is 2.29. The number of carbonyl (C=O) groups excluding carboxylic acids is 2. The van der Waals surface area contributed by atoms with Crippen molar-refractivity contribution >= 4 is 41.1 Å². The summed E-state index contributed by atoms with van der Waals surface area (Å²) < 4.78 is 0. The highest BCUT2D eigenvalue weighted by atomic mass is 35.5. The summed E-state index contributed by atoms with van der Waals surface area (Å²) in [7, 11) is 0. The van der Waals surface area contributed by atoms with E-state index in [1.807, 2.05) is 6.07 Å². The average Bonchev–Trinajstić information content (AvgIpc) is 2.50. The highest BCUT2D eigenvalue weighted by molar-refractivity contribution is 6.35. The van der Waals surface area contributed by atoms with E-state index in [-0.39, 0.29) is 17.7 Å². The first-order valence-corrected chi connectivity index (χ1v) is 7.41. The molecule has 0 unspecified atom stereocenters. The van der Waals surface area contributed by atoms with Crippen LogP contribution in [0.5, 0.6) is 0 Å². The van der Waals surface area contributed by atoms with E-state index in [9.17, 15) is 14.9 Å². The fourth-order valence-electron chi connectivity index (χ4n) is 2.20. The predicted octanol–water partition coefficient (Wildman–Crippen LogP) is 3.77. The van der Waals surface area contributed by atoms with Crippen LogP contribution in [-0.4, -0.2) is 23.3 Å². The van der Waals surface area contributed by atoms with Crippen molar-refractivity contribution in [1.82, 2.24) is 4.90 Å². The molecule has 2 amide bonds. The molecule has 23 heavy (non-hydrogen) atoms. The van der Waals surface area contributed by atoms with E-state index in [1.54, 1.807) is 31.2 Å². The van der Waals surface area contributed by atoms with Gasteiger partial charge in [0.15, 0.2) is 0 Å². The van der Waals surface area contributed by atoms with Crippen LogP contribution < -0.4 is 0 Å². The molecule has 1 aliphatic heterocycles. The number of nitrogens with zero attached hydrogens (tertiary/aromatic N) is 2. The van der Waals surface area contributed by atoms with Crippen molar-refractivity contribution in [2.45, 2.75) is 6.92 Å². The Hall–Kier alpha value is -2.35. The predicted molar refractivity (Wildman–Crippen MR) is 89.7 cm³/mol. The van der Waals surface area contributed by atoms with Crippen LogP contribution in [0.1, 0.15) is 12.5 Å². The minimum atomic E-state index is -0.616. The van der Waals surface area contributed by atoms with Gasteiger partial charge in [0.2, 0.25) is 0 Å². The van der Waals surface area contributed by atoms with Crippen LogP contribution in [-0.2, 0) is 9.59 Å². The van der Waals surface area contributed by atoms with Gasteiger partial charge in [-0.05, 0) is 36.3 Å². The Bertz CT molecular complexity index is 816. The lowest BCUT2D eigenvalue weighted by Crippen LogP contribution is -2.42. The van der Waals surface area contributed by atoms with Gasteiger partial charge in [-0.1, -0.05) is 35.3 Å². The van der Waals surface area contributed by atoms with Crippen molar-refractivity contribution in [2.24, 2.45) is 0 Å². The second-order valence-corrected chi connectivity index (χ2v) is 5.69. The van der Waals surface area contributed by atoms with E-state index in [2.05, 4.69) is 6.58 Å². The Morgan fingerprint density at radius 2 is 2.00 bits per heavy atom. The summed E-state index contributed by atoms with van der Waals surface area (Å²) in [5.74, 6) is -1.10. The topological polar surface area (TPSA) is 61.2 Å². The molecule has 116 valence electrons. The quantitative estimate of drug-likeness (QED) is 0.475. The van der Waals surface area contributed by atoms with Gasteiger partial charge in [-0.3, -0.25) is 14.5 Å². The summed E-state index contributed by atoms with van der Waals surface area (Å²) in [5, 5.41) is 10.1. The van der Waals surface area contributed by atoms with Crippen molar-refractivity contribution in [3.05, 3.63) is 63.2 Å². The highest BCUT2D eigenvalue weighted by Gasteiger charge is 2.34. The molecule has 1 heterocycles. The molecule has 0 saturated heterocycles. The van der Waals surface area contributed by atoms with Crippen LogP contribution in [0.3, 0.4) is 0 Å². The molecule has 0 saturated carbocycles. The Labute approximate surface area is 143 Å². The third-order valence-corrected chi connectivity index (χ3v) is 3.96. The molecule has 0 N–H and O–H groups in total. The summed E-state index contributed by atoms with van der Waals surface area (Å²) >= 11 is 12.0. The standard InChI is InChI=1S/C17H12Cl2N2O2/c1-3-6-21-16(22)13(10(2)14(9-20)17(21)23)7-11-4-5-12(18)8-15(11)19/h3-5,7-8H,1,6H2,2H3/b13-7+. The molecular formula is C17H12Cl2N2O2. The van der Waals surface area contributed by atoms with Crippen LogP contribution >= 0.6 is 23.2 Å². The smallest absolute Gasteiger partial charge is 0.270 e. The van der Waals surface area contributed by atoms with Gasteiger partial charge < -0.3 is 0 Å². The van der Waals surface area contributed by atoms with E-state index < -0.39 is 11.8 Å². The fraction of sp³-hybridized carbons (Fsp3) is 0.118. The SMILES string of the molecule is C=CCN1C(=O)C(C#N)=C(C)/C(=C\c2ccc(Cl)cc2Cl)C1=O. The van der Waals surface area contributed by atoms with Crippen molar-refractivity contribution < 1.29 is 9.59 Å². The number of hydrogen-bond acceptors (Lipinski definition) is 3.